The molecule has 0 aliphatic carbocycles. The average molecular weight is 295 g/mol. The molecule has 0 saturated heterocycles. The highest BCUT2D eigenvalue weighted by Crippen LogP contribution is 2.28. The van der Waals surface area contributed by atoms with Crippen LogP contribution in [0.3, 0.4) is 0 Å². The Kier molecular flexibility index (Phi) is 4.28. The van der Waals surface area contributed by atoms with Crippen LogP contribution in [0.1, 0.15) is 0 Å². The van der Waals surface area contributed by atoms with E-state index in [4.69, 9.17) is 0 Å². The summed E-state index contributed by atoms with van der Waals surface area (Å²) in [6.07, 6.45) is 4.36. The van der Waals surface area contributed by atoms with Crippen LogP contribution in [0.25, 0.3) is 0 Å². The van der Waals surface area contributed by atoms with Crippen molar-refractivity contribution in [2.75, 3.05) is 10.5 Å². The van der Waals surface area contributed by atoms with Crippen molar-refractivity contribution in [3.8, 4) is 0 Å². The number of para-hydroxylation sites is 1. The van der Waals surface area contributed by atoms with Gasteiger partial charge in [0.2, 0.25) is 0 Å². The molecule has 0 unspecified atom stereocenters. The summed E-state index contributed by atoms with van der Waals surface area (Å²) >= 11 is 1.51. The van der Waals surface area contributed by atoms with Crippen molar-refractivity contribution in [1.29, 1.82) is 0 Å². The van der Waals surface area contributed by atoms with Crippen molar-refractivity contribution in [3.05, 3.63) is 49.4 Å². The third kappa shape index (κ3) is 3.39. The fraction of sp³-hybridized carbons (Fsp3) is 0.0833. The van der Waals surface area contributed by atoms with Crippen LogP contribution in [0.5, 0.6) is 0 Å². The number of thioether (sulfide) groups is 1. The zero-order valence-corrected chi connectivity index (χ0v) is 11.7. The van der Waals surface area contributed by atoms with Crippen LogP contribution in [0.4, 0.5) is 5.69 Å². The average Bonchev–Trinajstić information content (AvgIpc) is 2.92. The predicted octanol–water partition coefficient (Wildman–Crippen LogP) is 2.49. The standard InChI is InChI=1S/C12H13N3O2S2/c1-2-7-18-11-6-4-3-5-10(11)15-19(16,17)12-8-13-9-14-12/h2-6,8-9,15H,1,7H2,(H,13,14). The fourth-order valence-electron chi connectivity index (χ4n) is 1.42. The normalized spacial score (nSPS) is 11.2. The van der Waals surface area contributed by atoms with Crippen molar-refractivity contribution in [2.24, 2.45) is 0 Å². The van der Waals surface area contributed by atoms with Gasteiger partial charge in [-0.05, 0) is 12.1 Å². The Balaban J connectivity index is 2.26. The Morgan fingerprint density at radius 1 is 1.42 bits per heavy atom. The molecule has 7 heteroatoms. The molecule has 2 rings (SSSR count). The summed E-state index contributed by atoms with van der Waals surface area (Å²) in [6.45, 7) is 3.65. The van der Waals surface area contributed by atoms with Gasteiger partial charge in [0.25, 0.3) is 10.0 Å². The first-order valence-corrected chi connectivity index (χ1v) is 7.94. The van der Waals surface area contributed by atoms with E-state index in [1.165, 1.54) is 24.3 Å². The van der Waals surface area contributed by atoms with Gasteiger partial charge in [-0.2, -0.15) is 8.42 Å². The van der Waals surface area contributed by atoms with E-state index in [1.807, 2.05) is 12.1 Å². The minimum atomic E-state index is -3.62. The highest BCUT2D eigenvalue weighted by molar-refractivity contribution is 7.99. The Labute approximate surface area is 116 Å². The minimum absolute atomic E-state index is 0.0380. The fourth-order valence-corrected chi connectivity index (χ4v) is 3.21. The maximum Gasteiger partial charge on any atom is 0.279 e. The van der Waals surface area contributed by atoms with Gasteiger partial charge in [0.15, 0.2) is 5.03 Å². The summed E-state index contributed by atoms with van der Waals surface area (Å²) in [7, 11) is -3.62. The number of benzene rings is 1. The van der Waals surface area contributed by atoms with Crippen LogP contribution in [0.2, 0.25) is 0 Å². The maximum atomic E-state index is 12.1. The van der Waals surface area contributed by atoms with Crippen LogP contribution in [-0.2, 0) is 10.0 Å². The first-order chi connectivity index (χ1) is 9.13. The predicted molar refractivity (Wildman–Crippen MR) is 76.8 cm³/mol. The van der Waals surface area contributed by atoms with Gasteiger partial charge >= 0.3 is 0 Å². The molecular formula is C12H13N3O2S2. The molecule has 1 heterocycles. The molecule has 0 amide bonds. The number of aromatic nitrogens is 2. The molecule has 0 bridgehead atoms. The van der Waals surface area contributed by atoms with Gasteiger partial charge in [-0.3, -0.25) is 4.72 Å². The van der Waals surface area contributed by atoms with E-state index in [1.54, 1.807) is 18.2 Å². The van der Waals surface area contributed by atoms with Crippen LogP contribution < -0.4 is 4.72 Å². The molecule has 0 atom stereocenters. The van der Waals surface area contributed by atoms with E-state index in [9.17, 15) is 8.42 Å². The Hall–Kier alpha value is -1.73. The molecule has 0 aliphatic heterocycles. The molecule has 0 spiro atoms. The van der Waals surface area contributed by atoms with Gasteiger partial charge in [0.05, 0.1) is 18.2 Å². The topological polar surface area (TPSA) is 74.8 Å². The first kappa shape index (κ1) is 13.7. The van der Waals surface area contributed by atoms with Crippen molar-refractivity contribution in [1.82, 2.24) is 9.97 Å². The Morgan fingerprint density at radius 2 is 2.21 bits per heavy atom. The van der Waals surface area contributed by atoms with Crippen LogP contribution >= 0.6 is 11.8 Å². The largest absolute Gasteiger partial charge is 0.334 e. The third-order valence-electron chi connectivity index (χ3n) is 2.25. The zero-order chi connectivity index (χ0) is 13.7. The van der Waals surface area contributed by atoms with Crippen molar-refractivity contribution < 1.29 is 8.42 Å². The molecule has 0 saturated carbocycles. The van der Waals surface area contributed by atoms with Crippen molar-refractivity contribution >= 4 is 27.5 Å². The summed E-state index contributed by atoms with van der Waals surface area (Å²) in [5.41, 5.74) is 0.545. The number of hydrogen-bond donors (Lipinski definition) is 2. The van der Waals surface area contributed by atoms with Crippen LogP contribution in [0, 0.1) is 0 Å². The number of nitrogens with one attached hydrogen (secondary N) is 2. The van der Waals surface area contributed by atoms with Crippen molar-refractivity contribution in [2.45, 2.75) is 9.92 Å². The van der Waals surface area contributed by atoms with Crippen LogP contribution in [0.15, 0.2) is 59.4 Å². The third-order valence-corrected chi connectivity index (χ3v) is 4.61. The molecule has 5 nitrogen and oxygen atoms in total. The lowest BCUT2D eigenvalue weighted by Gasteiger charge is -2.10. The number of aromatic amines is 1. The number of imidazole rings is 1. The molecule has 1 aromatic carbocycles. The summed E-state index contributed by atoms with van der Waals surface area (Å²) in [4.78, 5) is 7.14. The van der Waals surface area contributed by atoms with E-state index in [0.29, 0.717) is 11.4 Å². The highest BCUT2D eigenvalue weighted by atomic mass is 32.2. The number of rotatable bonds is 6. The number of hydrogen-bond acceptors (Lipinski definition) is 4. The number of H-pyrrole nitrogens is 1. The lowest BCUT2D eigenvalue weighted by molar-refractivity contribution is 0.598. The van der Waals surface area contributed by atoms with Gasteiger partial charge in [-0.15, -0.1) is 18.3 Å². The molecule has 1 aromatic heterocycles. The number of anilines is 1. The van der Waals surface area contributed by atoms with Gasteiger partial charge in [-0.1, -0.05) is 18.2 Å². The monoisotopic (exact) mass is 295 g/mol. The van der Waals surface area contributed by atoms with E-state index in [2.05, 4.69) is 21.3 Å². The first-order valence-electron chi connectivity index (χ1n) is 5.47. The summed E-state index contributed by atoms with van der Waals surface area (Å²) in [6, 6.07) is 7.22. The minimum Gasteiger partial charge on any atom is -0.334 e. The molecule has 0 radical (unpaired) electrons. The van der Waals surface area contributed by atoms with Crippen molar-refractivity contribution in [3.63, 3.8) is 0 Å². The SMILES string of the molecule is C=CCSc1ccccc1NS(=O)(=O)c1cnc[nH]1. The molecular weight excluding hydrogens is 282 g/mol. The second kappa shape index (κ2) is 5.94. The zero-order valence-electron chi connectivity index (χ0n) is 10.0. The highest BCUT2D eigenvalue weighted by Gasteiger charge is 2.17. The lowest BCUT2D eigenvalue weighted by Crippen LogP contribution is -2.13. The lowest BCUT2D eigenvalue weighted by atomic mass is 10.3. The van der Waals surface area contributed by atoms with Crippen LogP contribution in [-0.4, -0.2) is 24.1 Å². The molecule has 2 aromatic rings. The number of nitrogens with zero attached hydrogens (tertiary/aromatic N) is 1. The number of sulfonamides is 1. The van der Waals surface area contributed by atoms with E-state index >= 15 is 0 Å². The summed E-state index contributed by atoms with van der Waals surface area (Å²) < 4.78 is 26.7. The molecule has 19 heavy (non-hydrogen) atoms. The van der Waals surface area contributed by atoms with E-state index in [0.717, 1.165) is 4.90 Å². The summed E-state index contributed by atoms with van der Waals surface area (Å²) in [5, 5.41) is 0.0380. The summed E-state index contributed by atoms with van der Waals surface area (Å²) in [5.74, 6) is 0.711. The second-order valence-corrected chi connectivity index (χ2v) is 6.33. The van der Waals surface area contributed by atoms with Gasteiger partial charge in [-0.25, -0.2) is 4.98 Å². The Bertz CT molecular complexity index is 651. The van der Waals surface area contributed by atoms with Gasteiger partial charge in [0, 0.05) is 10.6 Å². The molecule has 100 valence electrons. The van der Waals surface area contributed by atoms with E-state index < -0.39 is 10.0 Å². The molecule has 2 N–H and O–H groups in total. The Morgan fingerprint density at radius 3 is 2.89 bits per heavy atom. The van der Waals surface area contributed by atoms with Gasteiger partial charge in [0.1, 0.15) is 0 Å². The molecule has 0 fully saturated rings. The van der Waals surface area contributed by atoms with Gasteiger partial charge < -0.3 is 4.98 Å². The quantitative estimate of drug-likeness (QED) is 0.634. The second-order valence-electron chi connectivity index (χ2n) is 3.62. The maximum absolute atomic E-state index is 12.1. The smallest absolute Gasteiger partial charge is 0.279 e. The molecule has 0 aliphatic rings. The van der Waals surface area contributed by atoms with E-state index in [-0.39, 0.29) is 5.03 Å².